The molecule has 0 aliphatic carbocycles. The predicted octanol–water partition coefficient (Wildman–Crippen LogP) is 3.57. The van der Waals surface area contributed by atoms with Crippen molar-refractivity contribution >= 4 is 27.3 Å². The van der Waals surface area contributed by atoms with Gasteiger partial charge in [0.2, 0.25) is 0 Å². The second-order valence-electron chi connectivity index (χ2n) is 3.40. The molecule has 0 aliphatic rings. The van der Waals surface area contributed by atoms with E-state index in [2.05, 4.69) is 21.3 Å². The molecular weight excluding hydrogens is 286 g/mol. The van der Waals surface area contributed by atoms with Gasteiger partial charge in [0, 0.05) is 5.56 Å². The Morgan fingerprint density at radius 2 is 2.12 bits per heavy atom. The third-order valence-electron chi connectivity index (χ3n) is 2.42. The van der Waals surface area contributed by atoms with Crippen LogP contribution in [-0.4, -0.2) is 7.11 Å². The second kappa shape index (κ2) is 4.99. The first-order chi connectivity index (χ1) is 7.72. The Labute approximate surface area is 107 Å². The van der Waals surface area contributed by atoms with E-state index in [0.29, 0.717) is 0 Å². The van der Waals surface area contributed by atoms with E-state index < -0.39 is 0 Å². The van der Waals surface area contributed by atoms with E-state index in [1.165, 1.54) is 0 Å². The molecule has 1 heterocycles. The highest BCUT2D eigenvalue weighted by Gasteiger charge is 2.14. The van der Waals surface area contributed by atoms with E-state index >= 15 is 0 Å². The lowest BCUT2D eigenvalue weighted by atomic mass is 10.0. The quantitative estimate of drug-likeness (QED) is 0.940. The SMILES string of the molecule is COc1ccccc1C(N)c1csc(Br)c1. The monoisotopic (exact) mass is 297 g/mol. The molecule has 1 atom stereocenters. The maximum absolute atomic E-state index is 6.21. The number of rotatable bonds is 3. The summed E-state index contributed by atoms with van der Waals surface area (Å²) in [4.78, 5) is 0. The fourth-order valence-corrected chi connectivity index (χ4v) is 2.80. The van der Waals surface area contributed by atoms with E-state index in [4.69, 9.17) is 10.5 Å². The third-order valence-corrected chi connectivity index (χ3v) is 3.94. The Balaban J connectivity index is 2.36. The summed E-state index contributed by atoms with van der Waals surface area (Å²) in [6.45, 7) is 0. The predicted molar refractivity (Wildman–Crippen MR) is 71.0 cm³/mol. The normalized spacial score (nSPS) is 12.4. The van der Waals surface area contributed by atoms with Crippen molar-refractivity contribution in [3.8, 4) is 5.75 Å². The van der Waals surface area contributed by atoms with Crippen molar-refractivity contribution in [2.75, 3.05) is 7.11 Å². The average Bonchev–Trinajstić information content (AvgIpc) is 2.75. The van der Waals surface area contributed by atoms with Crippen LogP contribution < -0.4 is 10.5 Å². The molecule has 0 fully saturated rings. The van der Waals surface area contributed by atoms with Crippen LogP contribution in [-0.2, 0) is 0 Å². The van der Waals surface area contributed by atoms with Crippen LogP contribution in [0.4, 0.5) is 0 Å². The summed E-state index contributed by atoms with van der Waals surface area (Å²) in [6.07, 6.45) is 0. The lowest BCUT2D eigenvalue weighted by Gasteiger charge is -2.14. The van der Waals surface area contributed by atoms with E-state index in [1.54, 1.807) is 18.4 Å². The Morgan fingerprint density at radius 3 is 2.75 bits per heavy atom. The van der Waals surface area contributed by atoms with Crippen molar-refractivity contribution in [3.05, 3.63) is 50.6 Å². The summed E-state index contributed by atoms with van der Waals surface area (Å²) in [6, 6.07) is 9.74. The summed E-state index contributed by atoms with van der Waals surface area (Å²) >= 11 is 5.08. The van der Waals surface area contributed by atoms with Gasteiger partial charge >= 0.3 is 0 Å². The minimum atomic E-state index is -0.140. The van der Waals surface area contributed by atoms with Crippen molar-refractivity contribution < 1.29 is 4.74 Å². The molecule has 2 aromatic rings. The highest BCUT2D eigenvalue weighted by atomic mass is 79.9. The summed E-state index contributed by atoms with van der Waals surface area (Å²) < 4.78 is 6.40. The van der Waals surface area contributed by atoms with Gasteiger partial charge in [0.05, 0.1) is 16.9 Å². The van der Waals surface area contributed by atoms with E-state index in [9.17, 15) is 0 Å². The minimum absolute atomic E-state index is 0.140. The molecule has 0 spiro atoms. The maximum Gasteiger partial charge on any atom is 0.123 e. The van der Waals surface area contributed by atoms with Crippen molar-refractivity contribution in [1.29, 1.82) is 0 Å². The van der Waals surface area contributed by atoms with Gasteiger partial charge in [0.1, 0.15) is 5.75 Å². The standard InChI is InChI=1S/C12H12BrNOS/c1-15-10-5-3-2-4-9(10)12(14)8-6-11(13)16-7-8/h2-7,12H,14H2,1H3. The van der Waals surface area contributed by atoms with Gasteiger partial charge in [-0.25, -0.2) is 0 Å². The number of benzene rings is 1. The van der Waals surface area contributed by atoms with Crippen molar-refractivity contribution in [3.63, 3.8) is 0 Å². The maximum atomic E-state index is 6.21. The number of halogens is 1. The molecule has 1 unspecified atom stereocenters. The largest absolute Gasteiger partial charge is 0.496 e. The highest BCUT2D eigenvalue weighted by Crippen LogP contribution is 2.31. The van der Waals surface area contributed by atoms with Gasteiger partial charge in [-0.05, 0) is 39.0 Å². The number of nitrogens with two attached hydrogens (primary N) is 1. The molecule has 2 nitrogen and oxygen atoms in total. The lowest BCUT2D eigenvalue weighted by molar-refractivity contribution is 0.408. The summed E-state index contributed by atoms with van der Waals surface area (Å²) in [5.74, 6) is 0.831. The first-order valence-corrected chi connectivity index (χ1v) is 6.52. The van der Waals surface area contributed by atoms with Crippen molar-refractivity contribution in [1.82, 2.24) is 0 Å². The molecule has 0 radical (unpaired) electrons. The smallest absolute Gasteiger partial charge is 0.123 e. The Kier molecular flexibility index (Phi) is 3.63. The summed E-state index contributed by atoms with van der Waals surface area (Å²) in [5.41, 5.74) is 8.32. The van der Waals surface area contributed by atoms with Gasteiger partial charge in [-0.1, -0.05) is 18.2 Å². The van der Waals surface area contributed by atoms with Crippen molar-refractivity contribution in [2.45, 2.75) is 6.04 Å². The van der Waals surface area contributed by atoms with Crippen LogP contribution >= 0.6 is 27.3 Å². The number of hydrogen-bond donors (Lipinski definition) is 1. The molecule has 4 heteroatoms. The van der Waals surface area contributed by atoms with E-state index in [0.717, 1.165) is 20.7 Å². The fraction of sp³-hybridized carbons (Fsp3) is 0.167. The van der Waals surface area contributed by atoms with E-state index in [-0.39, 0.29) is 6.04 Å². The highest BCUT2D eigenvalue weighted by molar-refractivity contribution is 9.11. The van der Waals surface area contributed by atoms with Gasteiger partial charge in [0.15, 0.2) is 0 Å². The molecule has 1 aromatic heterocycles. The molecule has 0 bridgehead atoms. The number of thiophene rings is 1. The van der Waals surface area contributed by atoms with Gasteiger partial charge in [-0.2, -0.15) is 0 Å². The van der Waals surface area contributed by atoms with Crippen LogP contribution in [0.5, 0.6) is 5.75 Å². The Morgan fingerprint density at radius 1 is 1.38 bits per heavy atom. The molecular formula is C12H12BrNOS. The Bertz CT molecular complexity index is 483. The zero-order chi connectivity index (χ0) is 11.5. The molecule has 0 amide bonds. The molecule has 2 rings (SSSR count). The molecule has 0 aliphatic heterocycles. The van der Waals surface area contributed by atoms with Crippen LogP contribution in [0.2, 0.25) is 0 Å². The molecule has 84 valence electrons. The first-order valence-electron chi connectivity index (χ1n) is 4.85. The Hall–Kier alpha value is -0.840. The molecule has 0 saturated carbocycles. The average molecular weight is 298 g/mol. The zero-order valence-electron chi connectivity index (χ0n) is 8.81. The van der Waals surface area contributed by atoms with Crippen molar-refractivity contribution in [2.24, 2.45) is 5.73 Å². The number of hydrogen-bond acceptors (Lipinski definition) is 3. The van der Waals surface area contributed by atoms with Gasteiger partial charge < -0.3 is 10.5 Å². The fourth-order valence-electron chi connectivity index (χ4n) is 1.59. The van der Waals surface area contributed by atoms with Gasteiger partial charge in [0.25, 0.3) is 0 Å². The molecule has 16 heavy (non-hydrogen) atoms. The van der Waals surface area contributed by atoms with E-state index in [1.807, 2.05) is 30.3 Å². The number of methoxy groups -OCH3 is 1. The first kappa shape index (κ1) is 11.6. The molecule has 0 saturated heterocycles. The number of para-hydroxylation sites is 1. The van der Waals surface area contributed by atoms with Crippen LogP contribution in [0.15, 0.2) is 39.5 Å². The third kappa shape index (κ3) is 2.29. The summed E-state index contributed by atoms with van der Waals surface area (Å²) in [7, 11) is 1.66. The van der Waals surface area contributed by atoms with Gasteiger partial charge in [-0.15, -0.1) is 11.3 Å². The zero-order valence-corrected chi connectivity index (χ0v) is 11.2. The molecule has 1 aromatic carbocycles. The van der Waals surface area contributed by atoms with Crippen LogP contribution in [0.1, 0.15) is 17.2 Å². The summed E-state index contributed by atoms with van der Waals surface area (Å²) in [5, 5.41) is 2.06. The topological polar surface area (TPSA) is 35.2 Å². The van der Waals surface area contributed by atoms with Gasteiger partial charge in [-0.3, -0.25) is 0 Å². The van der Waals surface area contributed by atoms with Crippen LogP contribution in [0.3, 0.4) is 0 Å². The van der Waals surface area contributed by atoms with Crippen LogP contribution in [0.25, 0.3) is 0 Å². The second-order valence-corrected chi connectivity index (χ2v) is 5.69. The minimum Gasteiger partial charge on any atom is -0.496 e. The number of ether oxygens (including phenoxy) is 1. The van der Waals surface area contributed by atoms with Crippen LogP contribution in [0, 0.1) is 0 Å². The lowest BCUT2D eigenvalue weighted by Crippen LogP contribution is -2.12. The molecule has 2 N–H and O–H groups in total.